The number of halogens is 1. The van der Waals surface area contributed by atoms with Gasteiger partial charge in [-0.2, -0.15) is 0 Å². The smallest absolute Gasteiger partial charge is 0.253 e. The van der Waals surface area contributed by atoms with Crippen LogP contribution in [-0.2, 0) is 17.8 Å². The number of rotatable bonds is 7. The molecule has 0 aliphatic rings. The number of hydrogen-bond acceptors (Lipinski definition) is 3. The summed E-state index contributed by atoms with van der Waals surface area (Å²) in [6.45, 7) is 5.69. The molecule has 0 radical (unpaired) electrons. The highest BCUT2D eigenvalue weighted by atomic mass is 35.5. The van der Waals surface area contributed by atoms with Gasteiger partial charge in [0.15, 0.2) is 0 Å². The molecule has 1 N–H and O–H groups in total. The van der Waals surface area contributed by atoms with Crippen molar-refractivity contribution >= 4 is 17.5 Å². The third kappa shape index (κ3) is 4.94. The molecule has 1 aromatic carbocycles. The SMILES string of the molecule is CCOCCn1cc(C(=O)NCc2ccc(Cl)cc2C)ccc1=O. The van der Waals surface area contributed by atoms with Gasteiger partial charge in [-0.1, -0.05) is 17.7 Å². The van der Waals surface area contributed by atoms with Crippen LogP contribution in [0.5, 0.6) is 0 Å². The summed E-state index contributed by atoms with van der Waals surface area (Å²) >= 11 is 5.93. The van der Waals surface area contributed by atoms with Crippen molar-refractivity contribution in [3.8, 4) is 0 Å². The minimum Gasteiger partial charge on any atom is -0.380 e. The molecule has 5 nitrogen and oxygen atoms in total. The van der Waals surface area contributed by atoms with E-state index in [4.69, 9.17) is 16.3 Å². The third-order valence-electron chi connectivity index (χ3n) is 3.67. The normalized spacial score (nSPS) is 10.6. The second-order valence-corrected chi connectivity index (χ2v) is 5.84. The molecule has 0 atom stereocenters. The molecule has 1 heterocycles. The van der Waals surface area contributed by atoms with E-state index >= 15 is 0 Å². The molecule has 24 heavy (non-hydrogen) atoms. The number of aryl methyl sites for hydroxylation is 1. The lowest BCUT2D eigenvalue weighted by atomic mass is 10.1. The Morgan fingerprint density at radius 2 is 2.08 bits per heavy atom. The molecule has 0 spiro atoms. The molecule has 0 saturated heterocycles. The van der Waals surface area contributed by atoms with E-state index in [9.17, 15) is 9.59 Å². The fourth-order valence-corrected chi connectivity index (χ4v) is 2.51. The highest BCUT2D eigenvalue weighted by molar-refractivity contribution is 6.30. The fourth-order valence-electron chi connectivity index (χ4n) is 2.28. The molecule has 2 aromatic rings. The first-order valence-corrected chi connectivity index (χ1v) is 8.20. The molecule has 128 valence electrons. The third-order valence-corrected chi connectivity index (χ3v) is 3.91. The zero-order valence-electron chi connectivity index (χ0n) is 13.8. The first kappa shape index (κ1) is 18.2. The van der Waals surface area contributed by atoms with Crippen molar-refractivity contribution in [1.29, 1.82) is 0 Å². The lowest BCUT2D eigenvalue weighted by Crippen LogP contribution is -2.27. The predicted octanol–water partition coefficient (Wildman–Crippen LogP) is 2.78. The van der Waals surface area contributed by atoms with Gasteiger partial charge in [0.2, 0.25) is 0 Å². The monoisotopic (exact) mass is 348 g/mol. The summed E-state index contributed by atoms with van der Waals surface area (Å²) in [5.74, 6) is -0.227. The quantitative estimate of drug-likeness (QED) is 0.783. The van der Waals surface area contributed by atoms with Crippen LogP contribution in [0.15, 0.2) is 41.3 Å². The largest absolute Gasteiger partial charge is 0.380 e. The molecule has 6 heteroatoms. The zero-order chi connectivity index (χ0) is 17.5. The Morgan fingerprint density at radius 3 is 2.79 bits per heavy atom. The average molecular weight is 349 g/mol. The summed E-state index contributed by atoms with van der Waals surface area (Å²) in [5.41, 5.74) is 2.31. The molecule has 1 aromatic heterocycles. The standard InChI is InChI=1S/C18H21ClN2O3/c1-3-24-9-8-21-12-15(5-7-17(21)22)18(23)20-11-14-4-6-16(19)10-13(14)2/h4-7,10,12H,3,8-9,11H2,1-2H3,(H,20,23). The number of nitrogens with one attached hydrogen (secondary N) is 1. The maximum atomic E-state index is 12.3. The number of aromatic nitrogens is 1. The Kier molecular flexibility index (Phi) is 6.58. The van der Waals surface area contributed by atoms with Crippen LogP contribution >= 0.6 is 11.6 Å². The van der Waals surface area contributed by atoms with Gasteiger partial charge < -0.3 is 14.6 Å². The number of pyridine rings is 1. The molecular weight excluding hydrogens is 328 g/mol. The maximum absolute atomic E-state index is 12.3. The van der Waals surface area contributed by atoms with Gasteiger partial charge in [-0.3, -0.25) is 9.59 Å². The minimum atomic E-state index is -0.227. The van der Waals surface area contributed by atoms with Gasteiger partial charge in [-0.05, 0) is 43.2 Å². The van der Waals surface area contributed by atoms with Crippen molar-refractivity contribution in [1.82, 2.24) is 9.88 Å². The van der Waals surface area contributed by atoms with Crippen molar-refractivity contribution in [3.63, 3.8) is 0 Å². The Balaban J connectivity index is 2.03. The lowest BCUT2D eigenvalue weighted by Gasteiger charge is -2.10. The summed E-state index contributed by atoms with van der Waals surface area (Å²) in [7, 11) is 0. The summed E-state index contributed by atoms with van der Waals surface area (Å²) in [6, 6.07) is 8.47. The number of amides is 1. The van der Waals surface area contributed by atoms with Crippen molar-refractivity contribution < 1.29 is 9.53 Å². The number of hydrogen-bond donors (Lipinski definition) is 1. The topological polar surface area (TPSA) is 60.3 Å². The summed E-state index contributed by atoms with van der Waals surface area (Å²) in [4.78, 5) is 24.1. The van der Waals surface area contributed by atoms with E-state index in [2.05, 4.69) is 5.32 Å². The molecule has 2 rings (SSSR count). The lowest BCUT2D eigenvalue weighted by molar-refractivity contribution is 0.0949. The minimum absolute atomic E-state index is 0.153. The summed E-state index contributed by atoms with van der Waals surface area (Å²) in [5, 5.41) is 3.53. The number of carbonyl (C=O) groups is 1. The highest BCUT2D eigenvalue weighted by Gasteiger charge is 2.08. The van der Waals surface area contributed by atoms with Crippen LogP contribution in [0.4, 0.5) is 0 Å². The Morgan fingerprint density at radius 1 is 1.29 bits per heavy atom. The average Bonchev–Trinajstić information content (AvgIpc) is 2.55. The highest BCUT2D eigenvalue weighted by Crippen LogP contribution is 2.15. The number of ether oxygens (including phenoxy) is 1. The van der Waals surface area contributed by atoms with Crippen LogP contribution < -0.4 is 10.9 Å². The van der Waals surface area contributed by atoms with Crippen molar-refractivity contribution in [2.24, 2.45) is 0 Å². The molecule has 0 fully saturated rings. The molecule has 0 aliphatic heterocycles. The van der Waals surface area contributed by atoms with Gasteiger partial charge in [0.25, 0.3) is 11.5 Å². The van der Waals surface area contributed by atoms with E-state index in [1.165, 1.54) is 16.7 Å². The van der Waals surface area contributed by atoms with Crippen LogP contribution in [-0.4, -0.2) is 23.7 Å². The van der Waals surface area contributed by atoms with Crippen LogP contribution in [0.2, 0.25) is 5.02 Å². The molecule has 0 unspecified atom stereocenters. The molecule has 0 bridgehead atoms. The Hall–Kier alpha value is -2.11. The fraction of sp³-hybridized carbons (Fsp3) is 0.333. The zero-order valence-corrected chi connectivity index (χ0v) is 14.6. The molecule has 0 saturated carbocycles. The van der Waals surface area contributed by atoms with Crippen LogP contribution in [0.3, 0.4) is 0 Å². The number of benzene rings is 1. The molecular formula is C18H21ClN2O3. The number of carbonyl (C=O) groups excluding carboxylic acids is 1. The van der Waals surface area contributed by atoms with Crippen LogP contribution in [0.1, 0.15) is 28.4 Å². The van der Waals surface area contributed by atoms with Crippen LogP contribution in [0, 0.1) is 6.92 Å². The summed E-state index contributed by atoms with van der Waals surface area (Å²) in [6.07, 6.45) is 1.56. The van der Waals surface area contributed by atoms with E-state index in [0.717, 1.165) is 11.1 Å². The van der Waals surface area contributed by atoms with Gasteiger partial charge in [-0.15, -0.1) is 0 Å². The maximum Gasteiger partial charge on any atom is 0.253 e. The first-order valence-electron chi connectivity index (χ1n) is 7.82. The van der Waals surface area contributed by atoms with E-state index in [1.807, 2.05) is 26.0 Å². The molecule has 0 aliphatic carbocycles. The van der Waals surface area contributed by atoms with Crippen LogP contribution in [0.25, 0.3) is 0 Å². The Bertz CT molecular complexity index is 771. The number of nitrogens with zero attached hydrogens (tertiary/aromatic N) is 1. The van der Waals surface area contributed by atoms with E-state index in [1.54, 1.807) is 12.3 Å². The van der Waals surface area contributed by atoms with E-state index < -0.39 is 0 Å². The van der Waals surface area contributed by atoms with Gasteiger partial charge >= 0.3 is 0 Å². The van der Waals surface area contributed by atoms with Gasteiger partial charge in [0.1, 0.15) is 0 Å². The van der Waals surface area contributed by atoms with Gasteiger partial charge in [-0.25, -0.2) is 0 Å². The second kappa shape index (κ2) is 8.66. The van der Waals surface area contributed by atoms with Gasteiger partial charge in [0.05, 0.1) is 12.2 Å². The Labute approximate surface area is 146 Å². The second-order valence-electron chi connectivity index (χ2n) is 5.40. The van der Waals surface area contributed by atoms with Crippen molar-refractivity contribution in [2.45, 2.75) is 26.9 Å². The van der Waals surface area contributed by atoms with Crippen molar-refractivity contribution in [2.75, 3.05) is 13.2 Å². The first-order chi connectivity index (χ1) is 11.5. The van der Waals surface area contributed by atoms with Crippen molar-refractivity contribution in [3.05, 3.63) is 68.6 Å². The summed E-state index contributed by atoms with van der Waals surface area (Å²) < 4.78 is 6.73. The predicted molar refractivity (Wildman–Crippen MR) is 94.6 cm³/mol. The van der Waals surface area contributed by atoms with E-state index in [0.29, 0.717) is 36.9 Å². The van der Waals surface area contributed by atoms with E-state index in [-0.39, 0.29) is 11.5 Å². The molecule has 1 amide bonds. The van der Waals surface area contributed by atoms with Gasteiger partial charge in [0, 0.05) is 37.0 Å².